The average molecular weight is 342 g/mol. The Morgan fingerprint density at radius 1 is 1.44 bits per heavy atom. The first-order valence-electron chi connectivity index (χ1n) is 5.54. The highest BCUT2D eigenvalue weighted by Gasteiger charge is 2.41. The van der Waals surface area contributed by atoms with Crippen molar-refractivity contribution >= 4 is 28.6 Å². The third kappa shape index (κ3) is 3.85. The van der Waals surface area contributed by atoms with Crippen molar-refractivity contribution in [2.24, 2.45) is 5.92 Å². The lowest BCUT2D eigenvalue weighted by atomic mass is 10.0. The van der Waals surface area contributed by atoms with Gasteiger partial charge in [0.2, 0.25) is 0 Å². The van der Waals surface area contributed by atoms with Crippen LogP contribution in [0.3, 0.4) is 0 Å². The van der Waals surface area contributed by atoms with E-state index in [-0.39, 0.29) is 0 Å². The Bertz CT molecular complexity index is 224. The van der Waals surface area contributed by atoms with Gasteiger partial charge in [0.25, 0.3) is 5.79 Å². The van der Waals surface area contributed by atoms with Crippen molar-refractivity contribution in [3.05, 3.63) is 0 Å². The van der Waals surface area contributed by atoms with E-state index < -0.39 is 11.8 Å². The SMILES string of the molecule is COC(=O)C1(C)OCC(CCCCI)CO1. The van der Waals surface area contributed by atoms with Crippen molar-refractivity contribution in [3.63, 3.8) is 0 Å². The first-order chi connectivity index (χ1) is 7.62. The van der Waals surface area contributed by atoms with E-state index in [0.29, 0.717) is 19.1 Å². The normalized spacial score (nSPS) is 30.1. The number of esters is 1. The van der Waals surface area contributed by atoms with E-state index in [1.54, 1.807) is 6.92 Å². The summed E-state index contributed by atoms with van der Waals surface area (Å²) < 4.78 is 16.7. The van der Waals surface area contributed by atoms with Gasteiger partial charge < -0.3 is 14.2 Å². The first kappa shape index (κ1) is 14.2. The standard InChI is InChI=1S/C11H19IO4/c1-11(10(13)14-2)15-7-9(8-16-11)5-3-4-6-12/h9H,3-8H2,1-2H3. The molecule has 4 nitrogen and oxygen atoms in total. The summed E-state index contributed by atoms with van der Waals surface area (Å²) in [6, 6.07) is 0. The summed E-state index contributed by atoms with van der Waals surface area (Å²) in [5.74, 6) is -1.26. The van der Waals surface area contributed by atoms with Crippen LogP contribution in [0.1, 0.15) is 26.2 Å². The number of alkyl halides is 1. The molecule has 0 bridgehead atoms. The average Bonchev–Trinajstić information content (AvgIpc) is 2.31. The maximum atomic E-state index is 11.4. The lowest BCUT2D eigenvalue weighted by molar-refractivity contribution is -0.272. The number of carbonyl (C=O) groups is 1. The van der Waals surface area contributed by atoms with Crippen LogP contribution in [0.2, 0.25) is 0 Å². The van der Waals surface area contributed by atoms with Crippen molar-refractivity contribution in [2.75, 3.05) is 24.8 Å². The number of methoxy groups -OCH3 is 1. The summed E-state index contributed by atoms with van der Waals surface area (Å²) in [6.07, 6.45) is 3.51. The van der Waals surface area contributed by atoms with Gasteiger partial charge in [0.05, 0.1) is 20.3 Å². The minimum Gasteiger partial charge on any atom is -0.465 e. The second kappa shape index (κ2) is 6.76. The molecule has 0 aromatic heterocycles. The van der Waals surface area contributed by atoms with Gasteiger partial charge in [-0.25, -0.2) is 4.79 Å². The van der Waals surface area contributed by atoms with E-state index >= 15 is 0 Å². The lowest BCUT2D eigenvalue weighted by Gasteiger charge is -2.35. The second-order valence-corrected chi connectivity index (χ2v) is 5.19. The Kier molecular flexibility index (Phi) is 5.99. The summed E-state index contributed by atoms with van der Waals surface area (Å²) in [5, 5.41) is 0. The van der Waals surface area contributed by atoms with E-state index in [1.165, 1.54) is 24.4 Å². The topological polar surface area (TPSA) is 44.8 Å². The fourth-order valence-corrected chi connectivity index (χ4v) is 2.18. The van der Waals surface area contributed by atoms with Gasteiger partial charge in [-0.3, -0.25) is 0 Å². The van der Waals surface area contributed by atoms with Crippen LogP contribution in [0.5, 0.6) is 0 Å². The third-order valence-electron chi connectivity index (χ3n) is 2.74. The van der Waals surface area contributed by atoms with Gasteiger partial charge in [0.1, 0.15) is 0 Å². The number of ether oxygens (including phenoxy) is 3. The molecule has 0 unspecified atom stereocenters. The van der Waals surface area contributed by atoms with Crippen molar-refractivity contribution < 1.29 is 19.0 Å². The molecule has 0 aromatic carbocycles. The van der Waals surface area contributed by atoms with Gasteiger partial charge in [0, 0.05) is 12.8 Å². The highest BCUT2D eigenvalue weighted by molar-refractivity contribution is 14.1. The molecular weight excluding hydrogens is 323 g/mol. The van der Waals surface area contributed by atoms with Crippen LogP contribution in [0, 0.1) is 5.92 Å². The van der Waals surface area contributed by atoms with Crippen molar-refractivity contribution in [3.8, 4) is 0 Å². The molecule has 1 saturated heterocycles. The van der Waals surface area contributed by atoms with Gasteiger partial charge in [-0.1, -0.05) is 29.0 Å². The minimum atomic E-state index is -1.20. The van der Waals surface area contributed by atoms with Gasteiger partial charge in [-0.2, -0.15) is 0 Å². The lowest BCUT2D eigenvalue weighted by Crippen LogP contribution is -2.48. The Morgan fingerprint density at radius 2 is 2.06 bits per heavy atom. The van der Waals surface area contributed by atoms with E-state index in [9.17, 15) is 4.79 Å². The van der Waals surface area contributed by atoms with E-state index in [2.05, 4.69) is 27.3 Å². The molecule has 0 saturated carbocycles. The highest BCUT2D eigenvalue weighted by atomic mass is 127. The molecule has 0 atom stereocenters. The van der Waals surface area contributed by atoms with Gasteiger partial charge >= 0.3 is 5.97 Å². The van der Waals surface area contributed by atoms with Crippen LogP contribution in [0.25, 0.3) is 0 Å². The number of rotatable bonds is 5. The van der Waals surface area contributed by atoms with Gasteiger partial charge in [-0.05, 0) is 17.3 Å². The minimum absolute atomic E-state index is 0.403. The predicted molar refractivity (Wildman–Crippen MR) is 68.6 cm³/mol. The third-order valence-corrected chi connectivity index (χ3v) is 3.50. The van der Waals surface area contributed by atoms with Crippen LogP contribution in [0.15, 0.2) is 0 Å². The smallest absolute Gasteiger partial charge is 0.366 e. The largest absolute Gasteiger partial charge is 0.465 e. The second-order valence-electron chi connectivity index (χ2n) is 4.11. The quantitative estimate of drug-likeness (QED) is 0.332. The maximum Gasteiger partial charge on any atom is 0.366 e. The molecule has 0 spiro atoms. The van der Waals surface area contributed by atoms with Crippen molar-refractivity contribution in [1.29, 1.82) is 0 Å². The van der Waals surface area contributed by atoms with Crippen LogP contribution in [-0.2, 0) is 19.0 Å². The molecule has 1 aliphatic heterocycles. The summed E-state index contributed by atoms with van der Waals surface area (Å²) in [6.45, 7) is 2.76. The first-order valence-corrected chi connectivity index (χ1v) is 7.07. The van der Waals surface area contributed by atoms with Crippen LogP contribution in [0.4, 0.5) is 0 Å². The molecule has 5 heteroatoms. The number of unbranched alkanes of at least 4 members (excludes halogenated alkanes) is 1. The molecule has 1 rings (SSSR count). The molecule has 16 heavy (non-hydrogen) atoms. The molecule has 0 aromatic rings. The van der Waals surface area contributed by atoms with Gasteiger partial charge in [-0.15, -0.1) is 0 Å². The molecule has 0 amide bonds. The van der Waals surface area contributed by atoms with E-state index in [0.717, 1.165) is 6.42 Å². The molecule has 1 heterocycles. The monoisotopic (exact) mass is 342 g/mol. The molecule has 1 fully saturated rings. The fraction of sp³-hybridized carbons (Fsp3) is 0.909. The summed E-state index contributed by atoms with van der Waals surface area (Å²) in [5.41, 5.74) is 0. The zero-order chi connectivity index (χ0) is 12.0. The zero-order valence-corrected chi connectivity index (χ0v) is 12.0. The molecule has 1 aliphatic rings. The van der Waals surface area contributed by atoms with Crippen molar-refractivity contribution in [2.45, 2.75) is 32.0 Å². The Balaban J connectivity index is 2.30. The predicted octanol–water partition coefficient (Wildman–Crippen LogP) is 2.14. The zero-order valence-electron chi connectivity index (χ0n) is 9.83. The number of hydrogen-bond donors (Lipinski definition) is 0. The van der Waals surface area contributed by atoms with E-state index in [4.69, 9.17) is 9.47 Å². The van der Waals surface area contributed by atoms with Crippen molar-refractivity contribution in [1.82, 2.24) is 0 Å². The highest BCUT2D eigenvalue weighted by Crippen LogP contribution is 2.25. The number of halogens is 1. The number of hydrogen-bond acceptors (Lipinski definition) is 4. The summed E-state index contributed by atoms with van der Waals surface area (Å²) in [7, 11) is 1.34. The molecule has 0 radical (unpaired) electrons. The molecule has 0 N–H and O–H groups in total. The molecule has 94 valence electrons. The summed E-state index contributed by atoms with van der Waals surface area (Å²) in [4.78, 5) is 11.4. The van der Waals surface area contributed by atoms with Crippen LogP contribution in [-0.4, -0.2) is 36.5 Å². The van der Waals surface area contributed by atoms with Crippen LogP contribution >= 0.6 is 22.6 Å². The molecular formula is C11H19IO4. The Morgan fingerprint density at radius 3 is 2.56 bits per heavy atom. The number of carbonyl (C=O) groups excluding carboxylic acids is 1. The molecule has 0 aliphatic carbocycles. The fourth-order valence-electron chi connectivity index (χ4n) is 1.64. The Labute approximate surface area is 110 Å². The van der Waals surface area contributed by atoms with E-state index in [1.807, 2.05) is 0 Å². The Hall–Kier alpha value is 0.120. The van der Waals surface area contributed by atoms with Gasteiger partial charge in [0.15, 0.2) is 0 Å². The maximum absolute atomic E-state index is 11.4. The van der Waals surface area contributed by atoms with Crippen LogP contribution < -0.4 is 0 Å². The summed E-state index contributed by atoms with van der Waals surface area (Å²) >= 11 is 2.38.